The molecule has 0 spiro atoms. The largest absolute Gasteiger partial charge is 0.177 e. The summed E-state index contributed by atoms with van der Waals surface area (Å²) >= 11 is 0. The van der Waals surface area contributed by atoms with Crippen LogP contribution in [-0.2, 0) is 0 Å². The number of hydrogen-bond acceptors (Lipinski definition) is 2. The molecule has 2 nitrogen and oxygen atoms in total. The van der Waals surface area contributed by atoms with E-state index in [2.05, 4.69) is 48.4 Å². The summed E-state index contributed by atoms with van der Waals surface area (Å²) in [6.45, 7) is 4.34. The second kappa shape index (κ2) is 4.44. The standard InChI is InChI=1S/C14H16N2/c1-14(2)10-8-13(9-11-14)16-15-12-6-4-3-5-7-12/h3-11,13H,1-2H3. The molecular weight excluding hydrogens is 196 g/mol. The van der Waals surface area contributed by atoms with Gasteiger partial charge in [-0.15, -0.1) is 0 Å². The van der Waals surface area contributed by atoms with Crippen molar-refractivity contribution in [3.8, 4) is 0 Å². The molecule has 16 heavy (non-hydrogen) atoms. The van der Waals surface area contributed by atoms with E-state index in [0.717, 1.165) is 5.69 Å². The van der Waals surface area contributed by atoms with E-state index >= 15 is 0 Å². The molecule has 1 aromatic carbocycles. The highest BCUT2D eigenvalue weighted by Crippen LogP contribution is 2.24. The lowest BCUT2D eigenvalue weighted by atomic mass is 9.88. The normalized spacial score (nSPS) is 19.4. The van der Waals surface area contributed by atoms with Crippen molar-refractivity contribution in [1.82, 2.24) is 0 Å². The lowest BCUT2D eigenvalue weighted by Crippen LogP contribution is -2.10. The van der Waals surface area contributed by atoms with Gasteiger partial charge in [0.1, 0.15) is 6.04 Å². The molecule has 0 unspecified atom stereocenters. The second-order valence-corrected chi connectivity index (χ2v) is 4.58. The zero-order valence-corrected chi connectivity index (χ0v) is 9.67. The van der Waals surface area contributed by atoms with E-state index in [1.54, 1.807) is 0 Å². The van der Waals surface area contributed by atoms with Crippen LogP contribution in [0, 0.1) is 5.41 Å². The first-order chi connectivity index (χ1) is 7.66. The maximum Gasteiger partial charge on any atom is 0.107 e. The molecule has 0 bridgehead atoms. The first kappa shape index (κ1) is 10.8. The molecule has 2 heteroatoms. The minimum Gasteiger partial charge on any atom is -0.177 e. The lowest BCUT2D eigenvalue weighted by Gasteiger charge is -2.19. The molecule has 0 saturated carbocycles. The molecule has 0 heterocycles. The van der Waals surface area contributed by atoms with E-state index < -0.39 is 0 Å². The SMILES string of the molecule is CC1(C)C=CC(N=Nc2ccccc2)C=C1. The van der Waals surface area contributed by atoms with Gasteiger partial charge in [-0.2, -0.15) is 10.2 Å². The van der Waals surface area contributed by atoms with Crippen LogP contribution < -0.4 is 0 Å². The van der Waals surface area contributed by atoms with E-state index in [-0.39, 0.29) is 11.5 Å². The Morgan fingerprint density at radius 3 is 2.25 bits per heavy atom. The van der Waals surface area contributed by atoms with Crippen LogP contribution in [0.3, 0.4) is 0 Å². The van der Waals surface area contributed by atoms with Gasteiger partial charge in [0.25, 0.3) is 0 Å². The van der Waals surface area contributed by atoms with Crippen molar-refractivity contribution in [3.63, 3.8) is 0 Å². The molecule has 0 saturated heterocycles. The van der Waals surface area contributed by atoms with Crippen molar-refractivity contribution >= 4 is 5.69 Å². The monoisotopic (exact) mass is 212 g/mol. The maximum absolute atomic E-state index is 4.27. The zero-order valence-electron chi connectivity index (χ0n) is 9.67. The number of allylic oxidation sites excluding steroid dienone is 2. The Balaban J connectivity index is 2.03. The fourth-order valence-corrected chi connectivity index (χ4v) is 1.52. The Labute approximate surface area is 96.4 Å². The molecule has 1 aromatic rings. The Morgan fingerprint density at radius 2 is 1.62 bits per heavy atom. The van der Waals surface area contributed by atoms with Gasteiger partial charge in [-0.3, -0.25) is 0 Å². The van der Waals surface area contributed by atoms with Crippen molar-refractivity contribution in [2.24, 2.45) is 15.6 Å². The summed E-state index contributed by atoms with van der Waals surface area (Å²) in [6, 6.07) is 9.87. The first-order valence-corrected chi connectivity index (χ1v) is 5.50. The molecule has 0 radical (unpaired) electrons. The summed E-state index contributed by atoms with van der Waals surface area (Å²) < 4.78 is 0. The maximum atomic E-state index is 4.27. The Kier molecular flexibility index (Phi) is 3.00. The molecule has 82 valence electrons. The number of nitrogens with zero attached hydrogens (tertiary/aromatic N) is 2. The minimum absolute atomic E-state index is 0.0771. The van der Waals surface area contributed by atoms with E-state index in [4.69, 9.17) is 0 Å². The summed E-state index contributed by atoms with van der Waals surface area (Å²) in [4.78, 5) is 0. The molecule has 0 fully saturated rings. The van der Waals surface area contributed by atoms with Gasteiger partial charge in [0, 0.05) is 5.41 Å². The van der Waals surface area contributed by atoms with Crippen LogP contribution in [0.1, 0.15) is 13.8 Å². The summed E-state index contributed by atoms with van der Waals surface area (Å²) in [5.41, 5.74) is 1.05. The van der Waals surface area contributed by atoms with E-state index in [9.17, 15) is 0 Å². The number of rotatable bonds is 2. The molecule has 0 amide bonds. The fraction of sp³-hybridized carbons (Fsp3) is 0.286. The van der Waals surface area contributed by atoms with Gasteiger partial charge in [0.15, 0.2) is 0 Å². The predicted octanol–water partition coefficient (Wildman–Crippen LogP) is 4.29. The third-order valence-electron chi connectivity index (χ3n) is 2.51. The first-order valence-electron chi connectivity index (χ1n) is 5.50. The van der Waals surface area contributed by atoms with E-state index in [0.29, 0.717) is 0 Å². The molecule has 0 aromatic heterocycles. The highest BCUT2D eigenvalue weighted by Gasteiger charge is 2.14. The molecule has 2 rings (SSSR count). The summed E-state index contributed by atoms with van der Waals surface area (Å²) in [7, 11) is 0. The zero-order chi connectivity index (χ0) is 11.4. The van der Waals surface area contributed by atoms with E-state index in [1.165, 1.54) is 0 Å². The van der Waals surface area contributed by atoms with Gasteiger partial charge in [0.05, 0.1) is 5.69 Å². The molecule has 1 aliphatic rings. The fourth-order valence-electron chi connectivity index (χ4n) is 1.52. The van der Waals surface area contributed by atoms with Crippen LogP contribution in [-0.4, -0.2) is 6.04 Å². The van der Waals surface area contributed by atoms with Crippen LogP contribution in [0.2, 0.25) is 0 Å². The number of benzene rings is 1. The van der Waals surface area contributed by atoms with Crippen molar-refractivity contribution in [2.45, 2.75) is 19.9 Å². The summed E-state index contributed by atoms with van der Waals surface area (Å²) in [6.07, 6.45) is 8.52. The van der Waals surface area contributed by atoms with Gasteiger partial charge >= 0.3 is 0 Å². The Hall–Kier alpha value is -1.70. The third-order valence-corrected chi connectivity index (χ3v) is 2.51. The average molecular weight is 212 g/mol. The van der Waals surface area contributed by atoms with Gasteiger partial charge < -0.3 is 0 Å². The van der Waals surface area contributed by atoms with Crippen molar-refractivity contribution in [2.75, 3.05) is 0 Å². The van der Waals surface area contributed by atoms with Gasteiger partial charge in [-0.1, -0.05) is 56.4 Å². The molecule has 0 atom stereocenters. The molecule has 0 aliphatic heterocycles. The highest BCUT2D eigenvalue weighted by atomic mass is 15.1. The topological polar surface area (TPSA) is 24.7 Å². The van der Waals surface area contributed by atoms with Crippen LogP contribution in [0.5, 0.6) is 0 Å². The van der Waals surface area contributed by atoms with Gasteiger partial charge in [0.2, 0.25) is 0 Å². The number of azo groups is 1. The molecule has 1 aliphatic carbocycles. The quantitative estimate of drug-likeness (QED) is 0.516. The van der Waals surface area contributed by atoms with Gasteiger partial charge in [-0.25, -0.2) is 0 Å². The molecule has 0 N–H and O–H groups in total. The Morgan fingerprint density at radius 1 is 1.00 bits per heavy atom. The summed E-state index contributed by atoms with van der Waals surface area (Å²) in [5, 5.41) is 8.47. The van der Waals surface area contributed by atoms with Crippen LogP contribution in [0.4, 0.5) is 5.69 Å². The van der Waals surface area contributed by atoms with Gasteiger partial charge in [-0.05, 0) is 12.1 Å². The van der Waals surface area contributed by atoms with Crippen molar-refractivity contribution in [1.29, 1.82) is 0 Å². The van der Waals surface area contributed by atoms with Crippen molar-refractivity contribution < 1.29 is 0 Å². The Bertz CT molecular complexity index is 411. The lowest BCUT2D eigenvalue weighted by molar-refractivity contribution is 0.606. The van der Waals surface area contributed by atoms with Crippen molar-refractivity contribution in [3.05, 3.63) is 54.6 Å². The van der Waals surface area contributed by atoms with E-state index in [1.807, 2.05) is 30.3 Å². The molecular formula is C14H16N2. The minimum atomic E-state index is 0.0771. The van der Waals surface area contributed by atoms with Crippen LogP contribution in [0.25, 0.3) is 0 Å². The highest BCUT2D eigenvalue weighted by molar-refractivity contribution is 5.35. The third kappa shape index (κ3) is 2.89. The van der Waals surface area contributed by atoms with Crippen LogP contribution in [0.15, 0.2) is 64.9 Å². The second-order valence-electron chi connectivity index (χ2n) is 4.58. The van der Waals surface area contributed by atoms with Crippen LogP contribution >= 0.6 is 0 Å². The predicted molar refractivity (Wildman–Crippen MR) is 66.8 cm³/mol. The smallest absolute Gasteiger partial charge is 0.107 e. The summed E-state index contributed by atoms with van der Waals surface area (Å²) in [5.74, 6) is 0. The number of hydrogen-bond donors (Lipinski definition) is 0. The average Bonchev–Trinajstić information content (AvgIpc) is 2.29.